The van der Waals surface area contributed by atoms with Gasteiger partial charge in [0, 0.05) is 24.6 Å². The number of anilines is 1. The number of carbonyl (C=O) groups excluding carboxylic acids is 1. The molecule has 0 atom stereocenters. The van der Waals surface area contributed by atoms with Crippen LogP contribution in [0.1, 0.15) is 29.0 Å². The second-order valence-corrected chi connectivity index (χ2v) is 7.98. The van der Waals surface area contributed by atoms with Gasteiger partial charge in [-0.05, 0) is 34.4 Å². The largest absolute Gasteiger partial charge is 0.449 e. The fraction of sp³-hybridized carbons (Fsp3) is 0.160. The lowest BCUT2D eigenvalue weighted by molar-refractivity contribution is 0.143. The maximum Gasteiger partial charge on any atom is 0.407 e. The summed E-state index contributed by atoms with van der Waals surface area (Å²) in [5.41, 5.74) is 11.5. The van der Waals surface area contributed by atoms with Crippen LogP contribution >= 0.6 is 23.2 Å². The molecule has 0 bridgehead atoms. The van der Waals surface area contributed by atoms with Crippen LogP contribution in [0.15, 0.2) is 60.7 Å². The van der Waals surface area contributed by atoms with Gasteiger partial charge in [-0.25, -0.2) is 4.79 Å². The minimum atomic E-state index is -0.466. The minimum absolute atomic E-state index is 0.0349. The summed E-state index contributed by atoms with van der Waals surface area (Å²) in [6.45, 7) is 0.635. The van der Waals surface area contributed by atoms with E-state index in [1.165, 1.54) is 22.3 Å². The predicted molar refractivity (Wildman–Crippen MR) is 125 cm³/mol. The first-order valence-corrected chi connectivity index (χ1v) is 10.6. The number of halogens is 2. The molecule has 4 nitrogen and oxygen atoms in total. The van der Waals surface area contributed by atoms with E-state index in [2.05, 4.69) is 41.4 Å². The van der Waals surface area contributed by atoms with Crippen LogP contribution in [-0.2, 0) is 4.74 Å². The number of benzene rings is 3. The number of amides is 1. The van der Waals surface area contributed by atoms with Crippen LogP contribution in [0.4, 0.5) is 10.5 Å². The SMILES string of the molecule is Nc1cc(Cl)c(C#CCCNC(=O)OCC2c3ccccc3-c3ccccc32)c(Cl)c1. The Bertz CT molecular complexity index is 1130. The highest BCUT2D eigenvalue weighted by Gasteiger charge is 2.28. The third kappa shape index (κ3) is 4.64. The van der Waals surface area contributed by atoms with Crippen molar-refractivity contribution in [2.45, 2.75) is 12.3 Å². The lowest BCUT2D eigenvalue weighted by Crippen LogP contribution is -2.26. The molecule has 1 aliphatic carbocycles. The maximum atomic E-state index is 12.2. The van der Waals surface area contributed by atoms with E-state index in [-0.39, 0.29) is 12.5 Å². The molecule has 31 heavy (non-hydrogen) atoms. The molecule has 0 radical (unpaired) electrons. The molecule has 0 aliphatic heterocycles. The molecule has 6 heteroatoms. The Hall–Kier alpha value is -3.13. The van der Waals surface area contributed by atoms with Crippen molar-refractivity contribution < 1.29 is 9.53 Å². The molecule has 0 fully saturated rings. The molecule has 1 aliphatic rings. The lowest BCUT2D eigenvalue weighted by Gasteiger charge is -2.14. The Morgan fingerprint density at radius 3 is 2.19 bits per heavy atom. The zero-order chi connectivity index (χ0) is 21.8. The van der Waals surface area contributed by atoms with Gasteiger partial charge in [0.1, 0.15) is 6.61 Å². The number of rotatable bonds is 4. The number of hydrogen-bond donors (Lipinski definition) is 2. The topological polar surface area (TPSA) is 64.3 Å². The van der Waals surface area contributed by atoms with E-state index < -0.39 is 6.09 Å². The summed E-state index contributed by atoms with van der Waals surface area (Å²) in [4.78, 5) is 12.2. The summed E-state index contributed by atoms with van der Waals surface area (Å²) in [6.07, 6.45) is -0.0338. The van der Waals surface area contributed by atoms with Gasteiger partial charge < -0.3 is 15.8 Å². The van der Waals surface area contributed by atoms with E-state index in [9.17, 15) is 4.79 Å². The summed E-state index contributed by atoms with van der Waals surface area (Å²) in [5.74, 6) is 5.91. The van der Waals surface area contributed by atoms with Crippen molar-refractivity contribution in [2.24, 2.45) is 0 Å². The molecule has 0 heterocycles. The number of nitrogens with two attached hydrogens (primary N) is 1. The monoisotopic (exact) mass is 450 g/mol. The van der Waals surface area contributed by atoms with Crippen LogP contribution in [0.2, 0.25) is 10.0 Å². The van der Waals surface area contributed by atoms with Crippen LogP contribution in [0, 0.1) is 11.8 Å². The standard InChI is InChI=1S/C25H20Cl2N2O2/c26-23-13-16(28)14-24(27)21(23)11-5-6-12-29-25(30)31-15-22-19-9-3-1-7-17(19)18-8-2-4-10-20(18)22/h1-4,7-10,13-14,22H,6,12,15,28H2,(H,29,30). The van der Waals surface area contributed by atoms with Crippen LogP contribution in [0.25, 0.3) is 11.1 Å². The van der Waals surface area contributed by atoms with Crippen molar-refractivity contribution in [2.75, 3.05) is 18.9 Å². The quantitative estimate of drug-likeness (QED) is 0.297. The first-order valence-electron chi connectivity index (χ1n) is 9.87. The van der Waals surface area contributed by atoms with Gasteiger partial charge in [-0.15, -0.1) is 0 Å². The Morgan fingerprint density at radius 2 is 1.58 bits per heavy atom. The first kappa shape index (κ1) is 21.1. The Balaban J connectivity index is 1.30. The smallest absolute Gasteiger partial charge is 0.407 e. The molecule has 156 valence electrons. The van der Waals surface area contributed by atoms with Gasteiger partial charge in [-0.1, -0.05) is 83.6 Å². The van der Waals surface area contributed by atoms with Gasteiger partial charge >= 0.3 is 6.09 Å². The Morgan fingerprint density at radius 1 is 1.00 bits per heavy atom. The zero-order valence-corrected chi connectivity index (χ0v) is 18.1. The van der Waals surface area contributed by atoms with E-state index in [0.29, 0.717) is 34.3 Å². The molecular formula is C25H20Cl2N2O2. The molecule has 3 N–H and O–H groups in total. The van der Waals surface area contributed by atoms with E-state index in [1.807, 2.05) is 24.3 Å². The van der Waals surface area contributed by atoms with Gasteiger partial charge in [0.15, 0.2) is 0 Å². The summed E-state index contributed by atoms with van der Waals surface area (Å²) < 4.78 is 5.50. The second-order valence-electron chi connectivity index (χ2n) is 7.16. The summed E-state index contributed by atoms with van der Waals surface area (Å²) in [7, 11) is 0. The first-order chi connectivity index (χ1) is 15.0. The van der Waals surface area contributed by atoms with Gasteiger partial charge in [0.05, 0.1) is 15.6 Å². The molecule has 4 rings (SSSR count). The number of fused-ring (bicyclic) bond motifs is 3. The third-order valence-corrected chi connectivity index (χ3v) is 5.74. The van der Waals surface area contributed by atoms with Gasteiger partial charge in [0.25, 0.3) is 0 Å². The van der Waals surface area contributed by atoms with Crippen molar-refractivity contribution in [1.82, 2.24) is 5.32 Å². The molecule has 0 unspecified atom stereocenters. The highest BCUT2D eigenvalue weighted by molar-refractivity contribution is 6.37. The normalized spacial score (nSPS) is 11.8. The summed E-state index contributed by atoms with van der Waals surface area (Å²) >= 11 is 12.2. The molecule has 0 saturated heterocycles. The van der Waals surface area contributed by atoms with E-state index in [0.717, 1.165) is 0 Å². The number of ether oxygens (including phenoxy) is 1. The second kappa shape index (κ2) is 9.34. The third-order valence-electron chi connectivity index (χ3n) is 5.14. The van der Waals surface area contributed by atoms with Crippen LogP contribution in [0.3, 0.4) is 0 Å². The predicted octanol–water partition coefficient (Wildman–Crippen LogP) is 5.86. The fourth-order valence-corrected chi connectivity index (χ4v) is 4.34. The highest BCUT2D eigenvalue weighted by atomic mass is 35.5. The van der Waals surface area contributed by atoms with Crippen molar-refractivity contribution in [3.63, 3.8) is 0 Å². The summed E-state index contributed by atoms with van der Waals surface area (Å²) in [6, 6.07) is 19.7. The van der Waals surface area contributed by atoms with Gasteiger partial charge in [0.2, 0.25) is 0 Å². The number of nitrogens with one attached hydrogen (secondary N) is 1. The number of hydrogen-bond acceptors (Lipinski definition) is 3. The Labute approximate surface area is 191 Å². The molecule has 3 aromatic rings. The number of alkyl carbamates (subject to hydrolysis) is 1. The molecule has 0 spiro atoms. The number of nitrogen functional groups attached to an aromatic ring is 1. The fourth-order valence-electron chi connectivity index (χ4n) is 3.74. The zero-order valence-electron chi connectivity index (χ0n) is 16.6. The van der Waals surface area contributed by atoms with Crippen molar-refractivity contribution >= 4 is 35.0 Å². The number of carbonyl (C=O) groups is 1. The molecule has 3 aromatic carbocycles. The van der Waals surface area contributed by atoms with Crippen LogP contribution in [-0.4, -0.2) is 19.2 Å². The summed E-state index contributed by atoms with van der Waals surface area (Å²) in [5, 5.41) is 3.54. The van der Waals surface area contributed by atoms with E-state index >= 15 is 0 Å². The van der Waals surface area contributed by atoms with Crippen LogP contribution < -0.4 is 11.1 Å². The van der Waals surface area contributed by atoms with Crippen molar-refractivity contribution in [1.29, 1.82) is 0 Å². The minimum Gasteiger partial charge on any atom is -0.449 e. The van der Waals surface area contributed by atoms with Crippen molar-refractivity contribution in [3.8, 4) is 23.0 Å². The lowest BCUT2D eigenvalue weighted by atomic mass is 9.98. The highest BCUT2D eigenvalue weighted by Crippen LogP contribution is 2.44. The average molecular weight is 451 g/mol. The van der Waals surface area contributed by atoms with Gasteiger partial charge in [-0.2, -0.15) is 0 Å². The molecule has 0 saturated carbocycles. The molecule has 0 aromatic heterocycles. The van der Waals surface area contributed by atoms with Gasteiger partial charge in [-0.3, -0.25) is 0 Å². The van der Waals surface area contributed by atoms with E-state index in [1.54, 1.807) is 12.1 Å². The van der Waals surface area contributed by atoms with E-state index in [4.69, 9.17) is 33.7 Å². The average Bonchev–Trinajstić information content (AvgIpc) is 3.07. The van der Waals surface area contributed by atoms with Crippen molar-refractivity contribution in [3.05, 3.63) is 87.4 Å². The maximum absolute atomic E-state index is 12.2. The molecule has 1 amide bonds. The molecular weight excluding hydrogens is 431 g/mol. The Kier molecular flexibility index (Phi) is 6.36. The van der Waals surface area contributed by atoms with Crippen LogP contribution in [0.5, 0.6) is 0 Å².